The van der Waals surface area contributed by atoms with Crippen LogP contribution in [-0.2, 0) is 6.54 Å². The molecule has 17 heavy (non-hydrogen) atoms. The predicted octanol–water partition coefficient (Wildman–Crippen LogP) is 4.51. The largest absolute Gasteiger partial charge is 0.309 e. The lowest BCUT2D eigenvalue weighted by atomic mass is 9.85. The van der Waals surface area contributed by atoms with E-state index in [1.165, 1.54) is 41.9 Å². The van der Waals surface area contributed by atoms with E-state index in [-0.39, 0.29) is 0 Å². The molecule has 1 fully saturated rings. The van der Waals surface area contributed by atoms with Crippen LogP contribution in [0.5, 0.6) is 0 Å². The molecule has 1 unspecified atom stereocenters. The molecule has 0 aliphatic heterocycles. The van der Waals surface area contributed by atoms with Gasteiger partial charge in [-0.1, -0.05) is 20.3 Å². The summed E-state index contributed by atoms with van der Waals surface area (Å²) < 4.78 is 0. The van der Waals surface area contributed by atoms with Gasteiger partial charge in [0, 0.05) is 22.3 Å². The van der Waals surface area contributed by atoms with E-state index in [0.717, 1.165) is 12.6 Å². The van der Waals surface area contributed by atoms with Crippen molar-refractivity contribution in [1.29, 1.82) is 0 Å². The molecule has 1 aromatic heterocycles. The smallest absolute Gasteiger partial charge is 0.0302 e. The van der Waals surface area contributed by atoms with Crippen molar-refractivity contribution in [3.05, 3.63) is 21.9 Å². The Morgan fingerprint density at radius 3 is 2.82 bits per heavy atom. The fraction of sp³-hybridized carbons (Fsp3) is 0.733. The van der Waals surface area contributed by atoms with Crippen molar-refractivity contribution < 1.29 is 0 Å². The Labute approximate surface area is 110 Å². The molecule has 1 heterocycles. The van der Waals surface area contributed by atoms with Crippen molar-refractivity contribution in [2.24, 2.45) is 5.41 Å². The Hall–Kier alpha value is -0.340. The van der Waals surface area contributed by atoms with Crippen molar-refractivity contribution >= 4 is 11.3 Å². The van der Waals surface area contributed by atoms with Gasteiger partial charge in [-0.25, -0.2) is 0 Å². The number of aryl methyl sites for hydroxylation is 1. The minimum absolute atomic E-state index is 0.565. The average molecular weight is 251 g/mol. The van der Waals surface area contributed by atoms with Crippen LogP contribution in [0.25, 0.3) is 0 Å². The standard InChI is InChI=1S/C15H25NS/c1-12-6-7-14(17-12)11-16-13-5-4-9-15(2,3)10-8-13/h6-7,13,16H,4-5,8-11H2,1-3H3. The number of thiophene rings is 1. The molecule has 1 N–H and O–H groups in total. The first-order valence-electron chi connectivity index (χ1n) is 6.84. The Morgan fingerprint density at radius 1 is 1.29 bits per heavy atom. The van der Waals surface area contributed by atoms with Crippen LogP contribution < -0.4 is 5.32 Å². The van der Waals surface area contributed by atoms with Gasteiger partial charge >= 0.3 is 0 Å². The van der Waals surface area contributed by atoms with Crippen molar-refractivity contribution in [3.8, 4) is 0 Å². The molecule has 0 aromatic carbocycles. The lowest BCUT2D eigenvalue weighted by Crippen LogP contribution is -2.27. The molecular weight excluding hydrogens is 226 g/mol. The summed E-state index contributed by atoms with van der Waals surface area (Å²) in [5.74, 6) is 0. The highest BCUT2D eigenvalue weighted by atomic mass is 32.1. The molecule has 0 bridgehead atoms. The van der Waals surface area contributed by atoms with E-state index < -0.39 is 0 Å². The molecule has 2 heteroatoms. The fourth-order valence-electron chi connectivity index (χ4n) is 2.69. The van der Waals surface area contributed by atoms with Crippen LogP contribution in [0.1, 0.15) is 55.7 Å². The monoisotopic (exact) mass is 251 g/mol. The first-order valence-corrected chi connectivity index (χ1v) is 7.65. The Bertz CT molecular complexity index is 354. The normalized spacial score (nSPS) is 24.5. The van der Waals surface area contributed by atoms with Crippen LogP contribution in [-0.4, -0.2) is 6.04 Å². The van der Waals surface area contributed by atoms with Crippen LogP contribution in [0.15, 0.2) is 12.1 Å². The molecular formula is C15H25NS. The summed E-state index contributed by atoms with van der Waals surface area (Å²) in [5.41, 5.74) is 0.565. The van der Waals surface area contributed by atoms with E-state index in [2.05, 4.69) is 38.2 Å². The molecule has 0 saturated heterocycles. The zero-order valence-corrected chi connectivity index (χ0v) is 12.2. The lowest BCUT2D eigenvalue weighted by molar-refractivity contribution is 0.309. The number of hydrogen-bond acceptors (Lipinski definition) is 2. The Kier molecular flexibility index (Phi) is 4.26. The second-order valence-electron chi connectivity index (χ2n) is 6.19. The first kappa shape index (κ1) is 13.1. The maximum Gasteiger partial charge on any atom is 0.0302 e. The summed E-state index contributed by atoms with van der Waals surface area (Å²) in [6.45, 7) is 8.07. The van der Waals surface area contributed by atoms with Crippen molar-refractivity contribution in [3.63, 3.8) is 0 Å². The first-order chi connectivity index (χ1) is 8.05. The highest BCUT2D eigenvalue weighted by Crippen LogP contribution is 2.33. The quantitative estimate of drug-likeness (QED) is 0.780. The zero-order chi connectivity index (χ0) is 12.3. The van der Waals surface area contributed by atoms with Crippen molar-refractivity contribution in [2.75, 3.05) is 0 Å². The van der Waals surface area contributed by atoms with E-state index in [9.17, 15) is 0 Å². The van der Waals surface area contributed by atoms with Crippen LogP contribution >= 0.6 is 11.3 Å². The molecule has 1 aliphatic rings. The molecule has 0 radical (unpaired) electrons. The molecule has 96 valence electrons. The second-order valence-corrected chi connectivity index (χ2v) is 7.56. The summed E-state index contributed by atoms with van der Waals surface area (Å²) in [5, 5.41) is 3.74. The van der Waals surface area contributed by atoms with Gasteiger partial charge in [0.05, 0.1) is 0 Å². The van der Waals surface area contributed by atoms with Gasteiger partial charge in [-0.2, -0.15) is 0 Å². The summed E-state index contributed by atoms with van der Waals surface area (Å²) in [6.07, 6.45) is 6.84. The minimum atomic E-state index is 0.565. The van der Waals surface area contributed by atoms with Crippen molar-refractivity contribution in [1.82, 2.24) is 5.32 Å². The third-order valence-electron chi connectivity index (χ3n) is 3.94. The number of hydrogen-bond donors (Lipinski definition) is 1. The van der Waals surface area contributed by atoms with E-state index in [1.54, 1.807) is 0 Å². The average Bonchev–Trinajstić information content (AvgIpc) is 2.59. The predicted molar refractivity (Wildman–Crippen MR) is 76.5 cm³/mol. The van der Waals surface area contributed by atoms with Gasteiger partial charge in [0.15, 0.2) is 0 Å². The van der Waals surface area contributed by atoms with Crippen LogP contribution in [0.3, 0.4) is 0 Å². The van der Waals surface area contributed by atoms with E-state index >= 15 is 0 Å². The highest BCUT2D eigenvalue weighted by molar-refractivity contribution is 7.11. The minimum Gasteiger partial charge on any atom is -0.309 e. The summed E-state index contributed by atoms with van der Waals surface area (Å²) in [4.78, 5) is 2.90. The lowest BCUT2D eigenvalue weighted by Gasteiger charge is -2.22. The second kappa shape index (κ2) is 5.53. The van der Waals surface area contributed by atoms with Gasteiger partial charge < -0.3 is 5.32 Å². The third-order valence-corrected chi connectivity index (χ3v) is 4.94. The molecule has 1 saturated carbocycles. The molecule has 2 rings (SSSR count). The fourth-order valence-corrected chi connectivity index (χ4v) is 3.53. The number of nitrogens with one attached hydrogen (secondary N) is 1. The maximum absolute atomic E-state index is 3.74. The van der Waals surface area contributed by atoms with E-state index in [4.69, 9.17) is 0 Å². The molecule has 1 aromatic rings. The van der Waals surface area contributed by atoms with Gasteiger partial charge in [-0.05, 0) is 50.2 Å². The summed E-state index contributed by atoms with van der Waals surface area (Å²) in [6, 6.07) is 5.21. The SMILES string of the molecule is Cc1ccc(CNC2CCCC(C)(C)CC2)s1. The van der Waals surface area contributed by atoms with Gasteiger partial charge in [0.2, 0.25) is 0 Å². The van der Waals surface area contributed by atoms with Gasteiger partial charge in [-0.15, -0.1) is 11.3 Å². The maximum atomic E-state index is 3.74. The van der Waals surface area contributed by atoms with Crippen LogP contribution in [0.4, 0.5) is 0 Å². The van der Waals surface area contributed by atoms with E-state index in [1.807, 2.05) is 11.3 Å². The zero-order valence-electron chi connectivity index (χ0n) is 11.4. The summed E-state index contributed by atoms with van der Waals surface area (Å²) >= 11 is 1.92. The van der Waals surface area contributed by atoms with Gasteiger partial charge in [0.1, 0.15) is 0 Å². The number of rotatable bonds is 3. The molecule has 1 nitrogen and oxygen atoms in total. The highest BCUT2D eigenvalue weighted by Gasteiger charge is 2.23. The molecule has 0 spiro atoms. The van der Waals surface area contributed by atoms with Crippen LogP contribution in [0, 0.1) is 12.3 Å². The van der Waals surface area contributed by atoms with Gasteiger partial charge in [0.25, 0.3) is 0 Å². The Balaban J connectivity index is 1.79. The molecule has 0 amide bonds. The molecule has 1 aliphatic carbocycles. The third kappa shape index (κ3) is 4.11. The topological polar surface area (TPSA) is 12.0 Å². The van der Waals surface area contributed by atoms with Gasteiger partial charge in [-0.3, -0.25) is 0 Å². The Morgan fingerprint density at radius 2 is 2.12 bits per heavy atom. The molecule has 1 atom stereocenters. The summed E-state index contributed by atoms with van der Waals surface area (Å²) in [7, 11) is 0. The van der Waals surface area contributed by atoms with Crippen molar-refractivity contribution in [2.45, 2.75) is 65.5 Å². The van der Waals surface area contributed by atoms with Crippen LogP contribution in [0.2, 0.25) is 0 Å². The van der Waals surface area contributed by atoms with E-state index in [0.29, 0.717) is 5.41 Å².